The first-order valence-corrected chi connectivity index (χ1v) is 7.95. The summed E-state index contributed by atoms with van der Waals surface area (Å²) in [6.07, 6.45) is 5.76. The van der Waals surface area contributed by atoms with Gasteiger partial charge in [0, 0.05) is 19.0 Å². The Labute approximate surface area is 123 Å². The molecule has 1 saturated carbocycles. The number of carbonyl (C=O) groups excluding carboxylic acids is 1. The normalized spacial score (nSPS) is 16.2. The van der Waals surface area contributed by atoms with Gasteiger partial charge < -0.3 is 0 Å². The largest absolute Gasteiger partial charge is 0.298 e. The number of rotatable bonds is 7. The minimum atomic E-state index is 0.351. The first-order valence-electron chi connectivity index (χ1n) is 7.95. The Hall–Kier alpha value is -1.15. The van der Waals surface area contributed by atoms with Crippen LogP contribution in [0.1, 0.15) is 45.1 Å². The van der Waals surface area contributed by atoms with E-state index in [4.69, 9.17) is 0 Å². The van der Waals surface area contributed by atoms with Gasteiger partial charge in [0.2, 0.25) is 0 Å². The lowest BCUT2D eigenvalue weighted by molar-refractivity contribution is -0.120. The molecule has 1 fully saturated rings. The summed E-state index contributed by atoms with van der Waals surface area (Å²) in [7, 11) is 0. The molecule has 0 amide bonds. The molecule has 1 aromatic carbocycles. The zero-order valence-corrected chi connectivity index (χ0v) is 12.8. The van der Waals surface area contributed by atoms with Gasteiger partial charge in [0.05, 0.1) is 6.54 Å². The maximum Gasteiger partial charge on any atom is 0.151 e. The van der Waals surface area contributed by atoms with Crippen LogP contribution in [0.2, 0.25) is 0 Å². The number of hydrogen-bond acceptors (Lipinski definition) is 2. The second kappa shape index (κ2) is 7.58. The van der Waals surface area contributed by atoms with Crippen molar-refractivity contribution in [1.29, 1.82) is 0 Å². The molecule has 0 unspecified atom stereocenters. The zero-order valence-electron chi connectivity index (χ0n) is 12.8. The Kier molecular flexibility index (Phi) is 5.78. The topological polar surface area (TPSA) is 20.3 Å². The van der Waals surface area contributed by atoms with E-state index >= 15 is 0 Å². The van der Waals surface area contributed by atoms with Crippen molar-refractivity contribution < 1.29 is 4.79 Å². The lowest BCUT2D eigenvalue weighted by Crippen LogP contribution is -2.40. The van der Waals surface area contributed by atoms with Crippen molar-refractivity contribution in [2.75, 3.05) is 13.1 Å². The van der Waals surface area contributed by atoms with Gasteiger partial charge >= 0.3 is 0 Å². The summed E-state index contributed by atoms with van der Waals surface area (Å²) in [5.41, 5.74) is 1.13. The second-order valence-electron chi connectivity index (χ2n) is 6.46. The molecule has 0 bridgehead atoms. The summed E-state index contributed by atoms with van der Waals surface area (Å²) in [5, 5.41) is 0. The van der Waals surface area contributed by atoms with Gasteiger partial charge in [-0.2, -0.15) is 0 Å². The summed E-state index contributed by atoms with van der Waals surface area (Å²) < 4.78 is 0. The average molecular weight is 273 g/mol. The van der Waals surface area contributed by atoms with E-state index < -0.39 is 0 Å². The molecule has 2 heteroatoms. The molecule has 0 atom stereocenters. The van der Waals surface area contributed by atoms with Crippen LogP contribution < -0.4 is 0 Å². The van der Waals surface area contributed by atoms with E-state index in [2.05, 4.69) is 18.7 Å². The molecule has 0 heterocycles. The van der Waals surface area contributed by atoms with Crippen LogP contribution in [-0.2, 0) is 11.2 Å². The van der Waals surface area contributed by atoms with Crippen LogP contribution in [0.3, 0.4) is 0 Å². The van der Waals surface area contributed by atoms with Crippen LogP contribution in [-0.4, -0.2) is 29.8 Å². The molecule has 0 spiro atoms. The van der Waals surface area contributed by atoms with Gasteiger partial charge in [0.1, 0.15) is 0 Å². The van der Waals surface area contributed by atoms with Gasteiger partial charge in [0.15, 0.2) is 5.78 Å². The highest BCUT2D eigenvalue weighted by atomic mass is 16.1. The first-order chi connectivity index (χ1) is 9.65. The molecule has 110 valence electrons. The van der Waals surface area contributed by atoms with Gasteiger partial charge in [-0.1, -0.05) is 57.0 Å². The molecule has 1 aromatic rings. The van der Waals surface area contributed by atoms with Crippen LogP contribution >= 0.6 is 0 Å². The molecule has 0 aliphatic heterocycles. The fourth-order valence-electron chi connectivity index (χ4n) is 3.19. The third-order valence-corrected chi connectivity index (χ3v) is 4.06. The Balaban J connectivity index is 1.91. The number of carbonyl (C=O) groups is 1. The third-order valence-electron chi connectivity index (χ3n) is 4.06. The maximum atomic E-state index is 12.3. The van der Waals surface area contributed by atoms with E-state index in [1.165, 1.54) is 25.7 Å². The van der Waals surface area contributed by atoms with E-state index in [0.717, 1.165) is 12.1 Å². The number of hydrogen-bond donors (Lipinski definition) is 0. The summed E-state index contributed by atoms with van der Waals surface area (Å²) in [4.78, 5) is 14.8. The Morgan fingerprint density at radius 1 is 1.20 bits per heavy atom. The fourth-order valence-corrected chi connectivity index (χ4v) is 3.19. The molecular weight excluding hydrogens is 246 g/mol. The SMILES string of the molecule is CC(C)CN(CC(=O)Cc1ccccc1)C1CCCC1. The first kappa shape index (κ1) is 15.2. The molecule has 2 nitrogen and oxygen atoms in total. The Bertz CT molecular complexity index is 407. The lowest BCUT2D eigenvalue weighted by atomic mass is 10.1. The van der Waals surface area contributed by atoms with Crippen LogP contribution in [0.15, 0.2) is 30.3 Å². The maximum absolute atomic E-state index is 12.3. The van der Waals surface area contributed by atoms with E-state index in [-0.39, 0.29) is 0 Å². The molecule has 1 aliphatic rings. The number of nitrogens with zero attached hydrogens (tertiary/aromatic N) is 1. The number of ketones is 1. The van der Waals surface area contributed by atoms with Crippen molar-refractivity contribution in [1.82, 2.24) is 4.90 Å². The van der Waals surface area contributed by atoms with Crippen LogP contribution in [0.25, 0.3) is 0 Å². The van der Waals surface area contributed by atoms with E-state index in [9.17, 15) is 4.79 Å². The van der Waals surface area contributed by atoms with E-state index in [0.29, 0.717) is 30.7 Å². The summed E-state index contributed by atoms with van der Waals surface area (Å²) in [6, 6.07) is 10.7. The van der Waals surface area contributed by atoms with E-state index in [1.807, 2.05) is 30.3 Å². The molecule has 0 aromatic heterocycles. The van der Waals surface area contributed by atoms with Crippen molar-refractivity contribution in [3.05, 3.63) is 35.9 Å². The Morgan fingerprint density at radius 3 is 2.45 bits per heavy atom. The lowest BCUT2D eigenvalue weighted by Gasteiger charge is -2.29. The number of Topliss-reactive ketones (excluding diaryl/α,β-unsaturated/α-hetero) is 1. The van der Waals surface area contributed by atoms with Crippen molar-refractivity contribution in [2.45, 2.75) is 52.0 Å². The monoisotopic (exact) mass is 273 g/mol. The predicted molar refractivity (Wildman–Crippen MR) is 83.8 cm³/mol. The molecular formula is C18H27NO. The van der Waals surface area contributed by atoms with Crippen molar-refractivity contribution in [2.24, 2.45) is 5.92 Å². The highest BCUT2D eigenvalue weighted by Gasteiger charge is 2.24. The number of benzene rings is 1. The highest BCUT2D eigenvalue weighted by molar-refractivity contribution is 5.82. The van der Waals surface area contributed by atoms with Crippen LogP contribution in [0.5, 0.6) is 0 Å². The fraction of sp³-hybridized carbons (Fsp3) is 0.611. The summed E-state index contributed by atoms with van der Waals surface area (Å²) in [5.74, 6) is 0.976. The minimum absolute atomic E-state index is 0.351. The van der Waals surface area contributed by atoms with Crippen molar-refractivity contribution in [3.63, 3.8) is 0 Å². The molecule has 1 aliphatic carbocycles. The molecule has 0 radical (unpaired) electrons. The Morgan fingerprint density at radius 2 is 1.85 bits per heavy atom. The van der Waals surface area contributed by atoms with Gasteiger partial charge in [0.25, 0.3) is 0 Å². The van der Waals surface area contributed by atoms with Gasteiger partial charge in [-0.05, 0) is 24.3 Å². The zero-order chi connectivity index (χ0) is 14.4. The summed E-state index contributed by atoms with van der Waals surface area (Å²) in [6.45, 7) is 6.15. The van der Waals surface area contributed by atoms with E-state index in [1.54, 1.807) is 0 Å². The predicted octanol–water partition coefficient (Wildman–Crippen LogP) is 3.70. The smallest absolute Gasteiger partial charge is 0.151 e. The standard InChI is InChI=1S/C18H27NO/c1-15(2)13-19(17-10-6-7-11-17)14-18(20)12-16-8-4-3-5-9-16/h3-5,8-9,15,17H,6-7,10-14H2,1-2H3. The molecule has 0 saturated heterocycles. The van der Waals surface area contributed by atoms with Crippen molar-refractivity contribution in [3.8, 4) is 0 Å². The summed E-state index contributed by atoms with van der Waals surface area (Å²) >= 11 is 0. The minimum Gasteiger partial charge on any atom is -0.298 e. The highest BCUT2D eigenvalue weighted by Crippen LogP contribution is 2.24. The average Bonchev–Trinajstić information content (AvgIpc) is 2.92. The third kappa shape index (κ3) is 4.75. The molecule has 0 N–H and O–H groups in total. The quantitative estimate of drug-likeness (QED) is 0.755. The van der Waals surface area contributed by atoms with Gasteiger partial charge in [-0.3, -0.25) is 9.69 Å². The van der Waals surface area contributed by atoms with Crippen LogP contribution in [0, 0.1) is 5.92 Å². The van der Waals surface area contributed by atoms with Crippen molar-refractivity contribution >= 4 is 5.78 Å². The van der Waals surface area contributed by atoms with Crippen LogP contribution in [0.4, 0.5) is 0 Å². The molecule has 20 heavy (non-hydrogen) atoms. The van der Waals surface area contributed by atoms with Gasteiger partial charge in [-0.25, -0.2) is 0 Å². The second-order valence-corrected chi connectivity index (χ2v) is 6.46. The van der Waals surface area contributed by atoms with Gasteiger partial charge in [-0.15, -0.1) is 0 Å². The molecule has 2 rings (SSSR count).